The molecule has 0 bridgehead atoms. The second kappa shape index (κ2) is 11.0. The monoisotopic (exact) mass is 309 g/mol. The van der Waals surface area contributed by atoms with Gasteiger partial charge in [0.2, 0.25) is 0 Å². The SMILES string of the molecule is NCCCOc1cc(C=O)cc(OCCCN)c1CCCN. The molecule has 1 aromatic rings. The Balaban J connectivity index is 3.01. The Morgan fingerprint density at radius 2 is 1.36 bits per heavy atom. The molecule has 1 aromatic carbocycles. The van der Waals surface area contributed by atoms with Crippen molar-refractivity contribution in [1.82, 2.24) is 0 Å². The lowest BCUT2D eigenvalue weighted by Gasteiger charge is -2.17. The quantitative estimate of drug-likeness (QED) is 0.389. The van der Waals surface area contributed by atoms with Crippen LogP contribution in [0.25, 0.3) is 0 Å². The van der Waals surface area contributed by atoms with Crippen molar-refractivity contribution in [3.63, 3.8) is 0 Å². The summed E-state index contributed by atoms with van der Waals surface area (Å²) in [6, 6.07) is 3.48. The van der Waals surface area contributed by atoms with Gasteiger partial charge in [0.05, 0.1) is 13.2 Å². The van der Waals surface area contributed by atoms with E-state index < -0.39 is 0 Å². The van der Waals surface area contributed by atoms with E-state index in [4.69, 9.17) is 26.7 Å². The average molecular weight is 309 g/mol. The number of rotatable bonds is 12. The molecule has 0 saturated heterocycles. The van der Waals surface area contributed by atoms with Gasteiger partial charge in [0.1, 0.15) is 17.8 Å². The standard InChI is InChI=1S/C16H27N3O3/c17-5-1-4-14-15(21-8-2-6-18)10-13(12-20)11-16(14)22-9-3-7-19/h10-12H,1-9,17-19H2. The number of nitrogens with two attached hydrogens (primary N) is 3. The third-order valence-corrected chi connectivity index (χ3v) is 3.17. The molecule has 0 radical (unpaired) electrons. The van der Waals surface area contributed by atoms with E-state index in [0.29, 0.717) is 49.9 Å². The summed E-state index contributed by atoms with van der Waals surface area (Å²) in [5, 5.41) is 0. The topological polar surface area (TPSA) is 114 Å². The molecule has 6 N–H and O–H groups in total. The zero-order chi connectivity index (χ0) is 16.2. The summed E-state index contributed by atoms with van der Waals surface area (Å²) in [4.78, 5) is 11.1. The Bertz CT molecular complexity index is 421. The van der Waals surface area contributed by atoms with Gasteiger partial charge in [-0.3, -0.25) is 4.79 Å². The van der Waals surface area contributed by atoms with E-state index in [9.17, 15) is 4.79 Å². The molecule has 0 aliphatic carbocycles. The van der Waals surface area contributed by atoms with Crippen LogP contribution in [-0.4, -0.2) is 39.1 Å². The van der Waals surface area contributed by atoms with Crippen molar-refractivity contribution in [2.24, 2.45) is 17.2 Å². The van der Waals surface area contributed by atoms with E-state index in [2.05, 4.69) is 0 Å². The predicted molar refractivity (Wildman–Crippen MR) is 87.5 cm³/mol. The molecule has 1 rings (SSSR count). The number of carbonyl (C=O) groups excluding carboxylic acids is 1. The maximum atomic E-state index is 11.1. The molecule has 22 heavy (non-hydrogen) atoms. The highest BCUT2D eigenvalue weighted by molar-refractivity contribution is 5.77. The maximum absolute atomic E-state index is 11.1. The van der Waals surface area contributed by atoms with Crippen molar-refractivity contribution >= 4 is 6.29 Å². The van der Waals surface area contributed by atoms with Gasteiger partial charge in [-0.05, 0) is 57.5 Å². The molecular formula is C16H27N3O3. The molecule has 6 nitrogen and oxygen atoms in total. The van der Waals surface area contributed by atoms with Gasteiger partial charge in [-0.15, -0.1) is 0 Å². The number of aldehydes is 1. The van der Waals surface area contributed by atoms with E-state index in [0.717, 1.165) is 37.5 Å². The zero-order valence-electron chi connectivity index (χ0n) is 13.1. The third-order valence-electron chi connectivity index (χ3n) is 3.17. The molecule has 0 aliphatic rings. The molecule has 124 valence electrons. The minimum Gasteiger partial charge on any atom is -0.493 e. The van der Waals surface area contributed by atoms with Crippen molar-refractivity contribution in [3.8, 4) is 11.5 Å². The van der Waals surface area contributed by atoms with Gasteiger partial charge in [0.15, 0.2) is 0 Å². The summed E-state index contributed by atoms with van der Waals surface area (Å²) in [7, 11) is 0. The minimum absolute atomic E-state index is 0.511. The van der Waals surface area contributed by atoms with Crippen molar-refractivity contribution in [1.29, 1.82) is 0 Å². The largest absolute Gasteiger partial charge is 0.493 e. The van der Waals surface area contributed by atoms with Crippen LogP contribution in [0.4, 0.5) is 0 Å². The Hall–Kier alpha value is -1.63. The number of hydrogen-bond donors (Lipinski definition) is 3. The van der Waals surface area contributed by atoms with Crippen LogP contribution in [0.3, 0.4) is 0 Å². The predicted octanol–water partition coefficient (Wildman–Crippen LogP) is 0.846. The summed E-state index contributed by atoms with van der Waals surface area (Å²) < 4.78 is 11.6. The lowest BCUT2D eigenvalue weighted by atomic mass is 10.0. The highest BCUT2D eigenvalue weighted by Gasteiger charge is 2.13. The van der Waals surface area contributed by atoms with Gasteiger partial charge >= 0.3 is 0 Å². The fourth-order valence-electron chi connectivity index (χ4n) is 2.02. The summed E-state index contributed by atoms with van der Waals surface area (Å²) in [6.45, 7) is 2.73. The Morgan fingerprint density at radius 1 is 0.864 bits per heavy atom. The van der Waals surface area contributed by atoms with Crippen LogP contribution in [-0.2, 0) is 6.42 Å². The number of carbonyl (C=O) groups is 1. The fraction of sp³-hybridized carbons (Fsp3) is 0.562. The van der Waals surface area contributed by atoms with Gasteiger partial charge in [0.25, 0.3) is 0 Å². The molecule has 6 heteroatoms. The van der Waals surface area contributed by atoms with Crippen LogP contribution >= 0.6 is 0 Å². The van der Waals surface area contributed by atoms with Crippen LogP contribution < -0.4 is 26.7 Å². The Labute approximate surface area is 131 Å². The summed E-state index contributed by atoms with van der Waals surface area (Å²) in [5.41, 5.74) is 18.1. The molecule has 0 unspecified atom stereocenters. The van der Waals surface area contributed by atoms with E-state index >= 15 is 0 Å². The molecule has 0 amide bonds. The van der Waals surface area contributed by atoms with Gasteiger partial charge in [0, 0.05) is 11.1 Å². The van der Waals surface area contributed by atoms with E-state index in [-0.39, 0.29) is 0 Å². The van der Waals surface area contributed by atoms with E-state index in [1.807, 2.05) is 0 Å². The van der Waals surface area contributed by atoms with Gasteiger partial charge in [-0.25, -0.2) is 0 Å². The normalized spacial score (nSPS) is 10.5. The van der Waals surface area contributed by atoms with Crippen molar-refractivity contribution in [2.45, 2.75) is 25.7 Å². The zero-order valence-corrected chi connectivity index (χ0v) is 13.1. The van der Waals surface area contributed by atoms with Gasteiger partial charge in [-0.2, -0.15) is 0 Å². The van der Waals surface area contributed by atoms with Crippen LogP contribution in [0.1, 0.15) is 35.2 Å². The molecule has 0 fully saturated rings. The third kappa shape index (κ3) is 6.01. The molecule has 0 aromatic heterocycles. The summed E-state index contributed by atoms with van der Waals surface area (Å²) in [6.07, 6.45) is 3.86. The van der Waals surface area contributed by atoms with Crippen molar-refractivity contribution < 1.29 is 14.3 Å². The summed E-state index contributed by atoms with van der Waals surface area (Å²) >= 11 is 0. The van der Waals surface area contributed by atoms with Crippen LogP contribution in [0.15, 0.2) is 12.1 Å². The fourth-order valence-corrected chi connectivity index (χ4v) is 2.02. The van der Waals surface area contributed by atoms with E-state index in [1.165, 1.54) is 0 Å². The first-order chi connectivity index (χ1) is 10.8. The van der Waals surface area contributed by atoms with Crippen LogP contribution in [0.2, 0.25) is 0 Å². The van der Waals surface area contributed by atoms with Crippen molar-refractivity contribution in [2.75, 3.05) is 32.8 Å². The van der Waals surface area contributed by atoms with Gasteiger partial charge < -0.3 is 26.7 Å². The first-order valence-corrected chi connectivity index (χ1v) is 7.74. The smallest absolute Gasteiger partial charge is 0.150 e. The number of ether oxygens (including phenoxy) is 2. The average Bonchev–Trinajstić information content (AvgIpc) is 2.54. The Morgan fingerprint density at radius 3 is 1.77 bits per heavy atom. The second-order valence-corrected chi connectivity index (χ2v) is 4.99. The highest BCUT2D eigenvalue weighted by Crippen LogP contribution is 2.32. The highest BCUT2D eigenvalue weighted by atomic mass is 16.5. The van der Waals surface area contributed by atoms with Gasteiger partial charge in [-0.1, -0.05) is 0 Å². The first-order valence-electron chi connectivity index (χ1n) is 7.74. The number of hydrogen-bond acceptors (Lipinski definition) is 6. The minimum atomic E-state index is 0.511. The molecule has 0 saturated carbocycles. The first kappa shape index (κ1) is 18.4. The van der Waals surface area contributed by atoms with Crippen molar-refractivity contribution in [3.05, 3.63) is 23.3 Å². The molecule has 0 heterocycles. The molecular weight excluding hydrogens is 282 g/mol. The maximum Gasteiger partial charge on any atom is 0.150 e. The summed E-state index contributed by atoms with van der Waals surface area (Å²) in [5.74, 6) is 1.35. The lowest BCUT2D eigenvalue weighted by molar-refractivity contribution is 0.112. The lowest BCUT2D eigenvalue weighted by Crippen LogP contribution is -2.11. The molecule has 0 aliphatic heterocycles. The van der Waals surface area contributed by atoms with Crippen LogP contribution in [0.5, 0.6) is 11.5 Å². The van der Waals surface area contributed by atoms with Crippen LogP contribution in [0, 0.1) is 0 Å². The second-order valence-electron chi connectivity index (χ2n) is 4.99. The molecule has 0 spiro atoms. The van der Waals surface area contributed by atoms with E-state index in [1.54, 1.807) is 12.1 Å². The molecule has 0 atom stereocenters. The Kier molecular flexibility index (Phi) is 9.21. The number of benzene rings is 1.